The third-order valence-electron chi connectivity index (χ3n) is 1.91. The number of nitrogens with one attached hydrogen (secondary N) is 2. The van der Waals surface area contributed by atoms with E-state index in [2.05, 4.69) is 5.32 Å². The molecule has 5 nitrogen and oxygen atoms in total. The summed E-state index contributed by atoms with van der Waals surface area (Å²) in [4.78, 5) is 21.9. The third-order valence-corrected chi connectivity index (χ3v) is 2.55. The molecule has 0 aliphatic carbocycles. The third kappa shape index (κ3) is 8.97. The Kier molecular flexibility index (Phi) is 7.56. The van der Waals surface area contributed by atoms with E-state index in [1.54, 1.807) is 6.26 Å². The lowest BCUT2D eigenvalue weighted by Crippen LogP contribution is -2.46. The van der Waals surface area contributed by atoms with Gasteiger partial charge in [-0.25, -0.2) is 9.59 Å². The Morgan fingerprint density at radius 1 is 1.39 bits per heavy atom. The molecule has 106 valence electrons. The van der Waals surface area contributed by atoms with Crippen LogP contribution in [0.1, 0.15) is 12.8 Å². The van der Waals surface area contributed by atoms with E-state index in [-0.39, 0.29) is 6.42 Å². The van der Waals surface area contributed by atoms with Gasteiger partial charge in [0.25, 0.3) is 0 Å². The molecule has 0 aromatic rings. The van der Waals surface area contributed by atoms with Crippen molar-refractivity contribution < 1.29 is 27.9 Å². The molecule has 1 atom stereocenters. The number of rotatable bonds is 7. The van der Waals surface area contributed by atoms with Crippen LogP contribution in [0, 0.1) is 0 Å². The summed E-state index contributed by atoms with van der Waals surface area (Å²) in [6.45, 7) is -0.579. The summed E-state index contributed by atoms with van der Waals surface area (Å²) >= 11 is 1.41. The molecule has 0 bridgehead atoms. The molecule has 18 heavy (non-hydrogen) atoms. The number of hydrogen-bond acceptors (Lipinski definition) is 3. The lowest BCUT2D eigenvalue weighted by molar-refractivity contribution is -0.139. The summed E-state index contributed by atoms with van der Waals surface area (Å²) in [6.07, 6.45) is -3.51. The molecule has 0 saturated heterocycles. The molecule has 0 radical (unpaired) electrons. The molecule has 0 unspecified atom stereocenters. The lowest BCUT2D eigenvalue weighted by Gasteiger charge is -2.15. The maximum atomic E-state index is 11.8. The van der Waals surface area contributed by atoms with Crippen LogP contribution in [-0.2, 0) is 4.79 Å². The zero-order valence-electron chi connectivity index (χ0n) is 9.71. The Balaban J connectivity index is 3.99. The Morgan fingerprint density at radius 2 is 2.00 bits per heavy atom. The molecule has 0 heterocycles. The fraction of sp³-hybridized carbons (Fsp3) is 0.778. The molecule has 3 N–H and O–H groups in total. The summed E-state index contributed by atoms with van der Waals surface area (Å²) in [5.41, 5.74) is 0. The van der Waals surface area contributed by atoms with Crippen LogP contribution >= 0.6 is 11.8 Å². The van der Waals surface area contributed by atoms with E-state index in [0.29, 0.717) is 5.75 Å². The standard InChI is InChI=1S/C9H15F3N2O3S/c1-18-5-2-6(7(15)16)14-8(17)13-4-3-9(10,11)12/h6H,2-5H2,1H3,(H,15,16)(H2,13,14,17)/t6-/m0/s1. The fourth-order valence-corrected chi connectivity index (χ4v) is 1.49. The first kappa shape index (κ1) is 16.9. The first-order chi connectivity index (χ1) is 8.26. The topological polar surface area (TPSA) is 78.4 Å². The van der Waals surface area contributed by atoms with Crippen LogP contribution in [0.2, 0.25) is 0 Å². The molecule has 0 rings (SSSR count). The first-order valence-corrected chi connectivity index (χ1v) is 6.48. The fourth-order valence-electron chi connectivity index (χ4n) is 1.02. The highest BCUT2D eigenvalue weighted by molar-refractivity contribution is 7.98. The van der Waals surface area contributed by atoms with E-state index in [0.717, 1.165) is 0 Å². The van der Waals surface area contributed by atoms with Crippen LogP contribution < -0.4 is 10.6 Å². The number of aliphatic carboxylic acids is 1. The molecule has 2 amide bonds. The Hall–Kier alpha value is -1.12. The zero-order chi connectivity index (χ0) is 14.2. The molecule has 9 heteroatoms. The number of carboxylic acid groups (broad SMARTS) is 1. The molecular formula is C9H15F3N2O3S. The number of thioether (sulfide) groups is 1. The summed E-state index contributed by atoms with van der Waals surface area (Å²) < 4.78 is 35.4. The van der Waals surface area contributed by atoms with Crippen molar-refractivity contribution in [2.75, 3.05) is 18.6 Å². The molecule has 0 saturated carbocycles. The molecule has 0 aromatic heterocycles. The minimum absolute atomic E-state index is 0.211. The average molecular weight is 288 g/mol. The number of carbonyl (C=O) groups excluding carboxylic acids is 1. The Morgan fingerprint density at radius 3 is 2.44 bits per heavy atom. The molecule has 0 aliphatic rings. The van der Waals surface area contributed by atoms with Crippen LogP contribution in [0.25, 0.3) is 0 Å². The van der Waals surface area contributed by atoms with Crippen molar-refractivity contribution in [3.05, 3.63) is 0 Å². The normalized spacial score (nSPS) is 12.9. The highest BCUT2D eigenvalue weighted by atomic mass is 32.2. The molecular weight excluding hydrogens is 273 g/mol. The number of carboxylic acids is 1. The molecule has 0 aromatic carbocycles. The van der Waals surface area contributed by atoms with Gasteiger partial charge in [-0.2, -0.15) is 24.9 Å². The van der Waals surface area contributed by atoms with Crippen LogP contribution in [0.15, 0.2) is 0 Å². The van der Waals surface area contributed by atoms with Gasteiger partial charge in [0.2, 0.25) is 0 Å². The van der Waals surface area contributed by atoms with Crippen molar-refractivity contribution in [3.8, 4) is 0 Å². The smallest absolute Gasteiger partial charge is 0.390 e. The number of alkyl halides is 3. The highest BCUT2D eigenvalue weighted by Gasteiger charge is 2.27. The van der Waals surface area contributed by atoms with Gasteiger partial charge in [-0.1, -0.05) is 0 Å². The van der Waals surface area contributed by atoms with E-state index in [1.165, 1.54) is 11.8 Å². The SMILES string of the molecule is CSCC[C@H](NC(=O)NCCC(F)(F)F)C(=O)O. The van der Waals surface area contributed by atoms with Crippen molar-refractivity contribution >= 4 is 23.8 Å². The van der Waals surface area contributed by atoms with Gasteiger partial charge in [0.1, 0.15) is 6.04 Å². The van der Waals surface area contributed by atoms with E-state index in [9.17, 15) is 22.8 Å². The second-order valence-corrected chi connectivity index (χ2v) is 4.42. The maximum absolute atomic E-state index is 11.8. The van der Waals surface area contributed by atoms with Gasteiger partial charge in [-0.3, -0.25) is 0 Å². The van der Waals surface area contributed by atoms with Gasteiger partial charge in [0.15, 0.2) is 0 Å². The summed E-state index contributed by atoms with van der Waals surface area (Å²) in [5.74, 6) is -0.685. The highest BCUT2D eigenvalue weighted by Crippen LogP contribution is 2.18. The minimum Gasteiger partial charge on any atom is -0.480 e. The van der Waals surface area contributed by atoms with E-state index < -0.39 is 37.2 Å². The van der Waals surface area contributed by atoms with Crippen molar-refractivity contribution in [1.29, 1.82) is 0 Å². The van der Waals surface area contributed by atoms with E-state index in [1.807, 2.05) is 5.32 Å². The number of halogens is 3. The zero-order valence-corrected chi connectivity index (χ0v) is 10.5. The van der Waals surface area contributed by atoms with Crippen molar-refractivity contribution in [1.82, 2.24) is 10.6 Å². The largest absolute Gasteiger partial charge is 0.480 e. The van der Waals surface area contributed by atoms with Crippen LogP contribution in [0.5, 0.6) is 0 Å². The maximum Gasteiger partial charge on any atom is 0.390 e. The monoisotopic (exact) mass is 288 g/mol. The van der Waals surface area contributed by atoms with Gasteiger partial charge < -0.3 is 15.7 Å². The predicted octanol–water partition coefficient (Wildman–Crippen LogP) is 1.44. The molecule has 0 aliphatic heterocycles. The van der Waals surface area contributed by atoms with Gasteiger partial charge in [-0.15, -0.1) is 0 Å². The first-order valence-electron chi connectivity index (χ1n) is 5.09. The number of urea groups is 1. The minimum atomic E-state index is -4.35. The second kappa shape index (κ2) is 8.06. The summed E-state index contributed by atoms with van der Waals surface area (Å²) in [5, 5.41) is 12.8. The van der Waals surface area contributed by atoms with E-state index in [4.69, 9.17) is 5.11 Å². The quantitative estimate of drug-likeness (QED) is 0.662. The van der Waals surface area contributed by atoms with Crippen molar-refractivity contribution in [2.24, 2.45) is 0 Å². The van der Waals surface area contributed by atoms with Crippen molar-refractivity contribution in [3.63, 3.8) is 0 Å². The summed E-state index contributed by atoms with van der Waals surface area (Å²) in [6, 6.07) is -2.00. The lowest BCUT2D eigenvalue weighted by atomic mass is 10.2. The summed E-state index contributed by atoms with van der Waals surface area (Å²) in [7, 11) is 0. The number of hydrogen-bond donors (Lipinski definition) is 3. The van der Waals surface area contributed by atoms with Gasteiger partial charge >= 0.3 is 18.2 Å². The Bertz CT molecular complexity index is 287. The van der Waals surface area contributed by atoms with Gasteiger partial charge in [0, 0.05) is 6.54 Å². The molecule has 0 spiro atoms. The van der Waals surface area contributed by atoms with Crippen LogP contribution in [0.4, 0.5) is 18.0 Å². The van der Waals surface area contributed by atoms with Crippen LogP contribution in [0.3, 0.4) is 0 Å². The Labute approximate surface area is 106 Å². The van der Waals surface area contributed by atoms with Gasteiger partial charge in [0.05, 0.1) is 6.42 Å². The average Bonchev–Trinajstić information content (AvgIpc) is 2.21. The van der Waals surface area contributed by atoms with Crippen LogP contribution in [-0.4, -0.2) is 47.9 Å². The predicted molar refractivity (Wildman–Crippen MR) is 61.6 cm³/mol. The van der Waals surface area contributed by atoms with E-state index >= 15 is 0 Å². The van der Waals surface area contributed by atoms with Crippen molar-refractivity contribution in [2.45, 2.75) is 25.1 Å². The number of amides is 2. The number of carbonyl (C=O) groups is 2. The second-order valence-electron chi connectivity index (χ2n) is 3.44. The molecule has 0 fully saturated rings. The van der Waals surface area contributed by atoms with Gasteiger partial charge in [-0.05, 0) is 18.4 Å².